The number of nitrogens with one attached hydrogen (secondary N) is 1. The monoisotopic (exact) mass is 668 g/mol. The van der Waals surface area contributed by atoms with Crippen molar-refractivity contribution in [2.45, 2.75) is 76.9 Å². The largest absolute Gasteiger partial charge is 0.436 e. The molecule has 2 amide bonds. The molecular weight excluding hydrogens is 632 g/mol. The smallest absolute Gasteiger partial charge is 0.418 e. The number of aromatic nitrogens is 2. The molecule has 0 fully saturated rings. The van der Waals surface area contributed by atoms with Crippen LogP contribution in [0.15, 0.2) is 51.9 Å². The van der Waals surface area contributed by atoms with Gasteiger partial charge >= 0.3 is 6.18 Å². The topological polar surface area (TPSA) is 120 Å². The predicted octanol–water partition coefficient (Wildman–Crippen LogP) is 7.69. The highest BCUT2D eigenvalue weighted by molar-refractivity contribution is 7.93. The standard InChI is InChI=1S/C30H36F4N4O5SSi/c1-17-22(30(32,33)34)16-35-28(42-23-13-14-24(31)36-18(23)2)25(17)27(40)37-20-11-10-12-21(15-20)44(7,41)38-26(39)19(3)43-45(8,9)29(4,5)6/h10-16,19H,1-9H3,(H,37,40)/t19-,44+/m0/s1. The van der Waals surface area contributed by atoms with Crippen molar-refractivity contribution in [3.05, 3.63) is 70.9 Å². The molecule has 45 heavy (non-hydrogen) atoms. The van der Waals surface area contributed by atoms with Crippen LogP contribution in [0.4, 0.5) is 23.2 Å². The van der Waals surface area contributed by atoms with Crippen molar-refractivity contribution in [1.29, 1.82) is 0 Å². The molecule has 0 aliphatic carbocycles. The maximum Gasteiger partial charge on any atom is 0.418 e. The van der Waals surface area contributed by atoms with Gasteiger partial charge in [-0.1, -0.05) is 26.8 Å². The first kappa shape index (κ1) is 35.8. The van der Waals surface area contributed by atoms with E-state index in [0.29, 0.717) is 6.20 Å². The summed E-state index contributed by atoms with van der Waals surface area (Å²) in [6.07, 6.45) is -3.97. The SMILES string of the molecule is Cc1nc(F)ccc1Oc1ncc(C(F)(F)F)c(C)c1C(=O)Nc1cccc([S@@](C)(=O)=NC(=O)[C@H](C)O[Si](C)(C)C(C)(C)C)c1. The molecule has 0 radical (unpaired) electrons. The molecule has 2 aromatic heterocycles. The van der Waals surface area contributed by atoms with Gasteiger partial charge in [0, 0.05) is 23.0 Å². The number of alkyl halides is 3. The van der Waals surface area contributed by atoms with Gasteiger partial charge in [0.15, 0.2) is 14.1 Å². The van der Waals surface area contributed by atoms with E-state index >= 15 is 0 Å². The lowest BCUT2D eigenvalue weighted by Gasteiger charge is -2.37. The van der Waals surface area contributed by atoms with E-state index < -0.39 is 70.7 Å². The van der Waals surface area contributed by atoms with Crippen molar-refractivity contribution >= 4 is 35.5 Å². The summed E-state index contributed by atoms with van der Waals surface area (Å²) >= 11 is 0. The van der Waals surface area contributed by atoms with Gasteiger partial charge in [-0.05, 0) is 74.8 Å². The van der Waals surface area contributed by atoms with Crippen LogP contribution in [0.5, 0.6) is 11.6 Å². The molecule has 3 rings (SSSR count). The molecule has 0 aliphatic heterocycles. The molecular formula is C30H36F4N4O5SSi. The van der Waals surface area contributed by atoms with Crippen LogP contribution < -0.4 is 10.1 Å². The molecule has 0 bridgehead atoms. The van der Waals surface area contributed by atoms with Gasteiger partial charge in [-0.15, -0.1) is 0 Å². The first-order valence-corrected chi connectivity index (χ1v) is 18.6. The zero-order valence-electron chi connectivity index (χ0n) is 26.4. The highest BCUT2D eigenvalue weighted by Gasteiger charge is 2.40. The summed E-state index contributed by atoms with van der Waals surface area (Å²) < 4.78 is 83.9. The lowest BCUT2D eigenvalue weighted by atomic mass is 10.0. The molecule has 0 saturated carbocycles. The number of rotatable bonds is 8. The number of carbonyl (C=O) groups is 2. The van der Waals surface area contributed by atoms with Gasteiger partial charge in [-0.3, -0.25) is 9.59 Å². The summed E-state index contributed by atoms with van der Waals surface area (Å²) in [5.41, 5.74) is -2.03. The fourth-order valence-corrected chi connectivity index (χ4v) is 6.52. The third-order valence-electron chi connectivity index (χ3n) is 7.46. The van der Waals surface area contributed by atoms with Gasteiger partial charge in [0.2, 0.25) is 11.8 Å². The van der Waals surface area contributed by atoms with Gasteiger partial charge in [-0.25, -0.2) is 14.2 Å². The first-order chi connectivity index (χ1) is 20.5. The number of hydrogen-bond acceptors (Lipinski definition) is 7. The van der Waals surface area contributed by atoms with Crippen LogP contribution in [0.25, 0.3) is 0 Å². The van der Waals surface area contributed by atoms with Gasteiger partial charge in [-0.2, -0.15) is 21.9 Å². The van der Waals surface area contributed by atoms with E-state index in [9.17, 15) is 31.4 Å². The Morgan fingerprint density at radius 1 is 1.09 bits per heavy atom. The maximum atomic E-state index is 13.7. The Morgan fingerprint density at radius 3 is 2.31 bits per heavy atom. The van der Waals surface area contributed by atoms with E-state index in [1.54, 1.807) is 6.92 Å². The minimum atomic E-state index is -4.83. The molecule has 9 nitrogen and oxygen atoms in total. The minimum Gasteiger partial charge on any atom is -0.436 e. The quantitative estimate of drug-likeness (QED) is 0.148. The third kappa shape index (κ3) is 8.52. The number of benzene rings is 1. The van der Waals surface area contributed by atoms with Crippen LogP contribution >= 0.6 is 0 Å². The van der Waals surface area contributed by atoms with Crippen LogP contribution in [-0.2, 0) is 25.1 Å². The molecule has 1 N–H and O–H groups in total. The second kappa shape index (κ2) is 13.0. The summed E-state index contributed by atoms with van der Waals surface area (Å²) in [6.45, 7) is 14.1. The average Bonchev–Trinajstić information content (AvgIpc) is 2.88. The van der Waals surface area contributed by atoms with E-state index in [1.165, 1.54) is 43.5 Å². The van der Waals surface area contributed by atoms with Crippen molar-refractivity contribution < 1.29 is 40.5 Å². The van der Waals surface area contributed by atoms with Crippen molar-refractivity contribution in [2.24, 2.45) is 4.36 Å². The number of aryl methyl sites for hydroxylation is 1. The highest BCUT2D eigenvalue weighted by atomic mass is 32.2. The average molecular weight is 669 g/mol. The van der Waals surface area contributed by atoms with E-state index in [2.05, 4.69) is 19.6 Å². The van der Waals surface area contributed by atoms with Crippen LogP contribution in [0.1, 0.15) is 54.9 Å². The second-order valence-electron chi connectivity index (χ2n) is 12.0. The predicted molar refractivity (Wildman–Crippen MR) is 165 cm³/mol. The number of halogens is 4. The Morgan fingerprint density at radius 2 is 1.73 bits per heavy atom. The molecule has 3 aromatic rings. The van der Waals surface area contributed by atoms with Crippen molar-refractivity contribution in [3.8, 4) is 11.6 Å². The van der Waals surface area contributed by atoms with Gasteiger partial charge in [0.05, 0.1) is 21.0 Å². The molecule has 244 valence electrons. The second-order valence-corrected chi connectivity index (χ2v) is 19.0. The van der Waals surface area contributed by atoms with E-state index in [4.69, 9.17) is 9.16 Å². The highest BCUT2D eigenvalue weighted by Crippen LogP contribution is 2.38. The Hall–Kier alpha value is -3.69. The number of pyridine rings is 2. The molecule has 0 saturated heterocycles. The zero-order chi connectivity index (χ0) is 34.1. The van der Waals surface area contributed by atoms with Gasteiger partial charge in [0.25, 0.3) is 11.8 Å². The summed E-state index contributed by atoms with van der Waals surface area (Å²) in [7, 11) is -5.65. The van der Waals surface area contributed by atoms with Crippen LogP contribution in [0.2, 0.25) is 18.1 Å². The fraction of sp³-hybridized carbons (Fsp3) is 0.400. The van der Waals surface area contributed by atoms with Crippen LogP contribution in [0.3, 0.4) is 0 Å². The zero-order valence-corrected chi connectivity index (χ0v) is 28.2. The van der Waals surface area contributed by atoms with E-state index in [-0.39, 0.29) is 27.1 Å². The Bertz CT molecular complexity index is 1750. The van der Waals surface area contributed by atoms with Crippen molar-refractivity contribution in [2.75, 3.05) is 11.6 Å². The summed E-state index contributed by atoms with van der Waals surface area (Å²) in [6, 6.07) is 7.82. The summed E-state index contributed by atoms with van der Waals surface area (Å²) in [4.78, 5) is 33.8. The number of hydrogen-bond donors (Lipinski definition) is 1. The Labute approximate surface area is 261 Å². The van der Waals surface area contributed by atoms with Gasteiger partial charge in [0.1, 0.15) is 11.7 Å². The molecule has 0 unspecified atom stereocenters. The number of carbonyl (C=O) groups excluding carboxylic acids is 2. The first-order valence-electron chi connectivity index (χ1n) is 13.8. The van der Waals surface area contributed by atoms with Crippen LogP contribution in [-0.4, -0.2) is 46.7 Å². The Balaban J connectivity index is 1.97. The van der Waals surface area contributed by atoms with Crippen molar-refractivity contribution in [1.82, 2.24) is 9.97 Å². The lowest BCUT2D eigenvalue weighted by molar-refractivity contribution is -0.138. The van der Waals surface area contributed by atoms with E-state index in [1.807, 2.05) is 33.9 Å². The minimum absolute atomic E-state index is 0.0251. The van der Waals surface area contributed by atoms with Crippen LogP contribution in [0, 0.1) is 19.8 Å². The van der Waals surface area contributed by atoms with E-state index in [0.717, 1.165) is 13.0 Å². The molecule has 1 aromatic carbocycles. The van der Waals surface area contributed by atoms with Gasteiger partial charge < -0.3 is 14.5 Å². The molecule has 0 aliphatic rings. The molecule has 2 atom stereocenters. The summed E-state index contributed by atoms with van der Waals surface area (Å²) in [5.74, 6) is -3.02. The number of nitrogens with zero attached hydrogens (tertiary/aromatic N) is 3. The fourth-order valence-electron chi connectivity index (χ4n) is 3.91. The normalized spacial score (nSPS) is 14.3. The van der Waals surface area contributed by atoms with Crippen molar-refractivity contribution in [3.63, 3.8) is 0 Å². The number of anilines is 1. The lowest BCUT2D eigenvalue weighted by Crippen LogP contribution is -2.45. The summed E-state index contributed by atoms with van der Waals surface area (Å²) in [5, 5.41) is 2.32. The third-order valence-corrected chi connectivity index (χ3v) is 13.7. The molecule has 2 heterocycles. The number of ether oxygens (including phenoxy) is 1. The number of amides is 2. The maximum absolute atomic E-state index is 13.7. The molecule has 0 spiro atoms. The molecule has 15 heteroatoms. The Kier molecular flexibility index (Phi) is 10.3.